The van der Waals surface area contributed by atoms with E-state index in [4.69, 9.17) is 4.74 Å². The van der Waals surface area contributed by atoms with Gasteiger partial charge in [0.25, 0.3) is 0 Å². The van der Waals surface area contributed by atoms with E-state index in [-0.39, 0.29) is 11.9 Å². The molecule has 1 aromatic rings. The van der Waals surface area contributed by atoms with Gasteiger partial charge in [0, 0.05) is 5.75 Å². The monoisotopic (exact) mass is 339 g/mol. The predicted molar refractivity (Wildman–Crippen MR) is 97.4 cm³/mol. The van der Waals surface area contributed by atoms with Crippen molar-refractivity contribution in [1.29, 1.82) is 0 Å². The Balaban J connectivity index is 0.000000502. The van der Waals surface area contributed by atoms with E-state index >= 15 is 0 Å². The Bertz CT molecular complexity index is 426. The van der Waals surface area contributed by atoms with Crippen molar-refractivity contribution in [2.24, 2.45) is 5.92 Å². The van der Waals surface area contributed by atoms with Crippen molar-refractivity contribution in [3.8, 4) is 0 Å². The molecule has 0 bridgehead atoms. The van der Waals surface area contributed by atoms with Crippen molar-refractivity contribution >= 4 is 25.0 Å². The van der Waals surface area contributed by atoms with Gasteiger partial charge in [0.2, 0.25) is 6.41 Å². The number of thiol groups is 1. The molecule has 0 spiro atoms. The Hall–Kier alpha value is -1.49. The molecule has 0 fully saturated rings. The summed E-state index contributed by atoms with van der Waals surface area (Å²) in [5.41, 5.74) is 1.27. The molecule has 0 saturated heterocycles. The van der Waals surface area contributed by atoms with Crippen molar-refractivity contribution in [3.63, 3.8) is 0 Å². The third-order valence-corrected chi connectivity index (χ3v) is 3.76. The van der Waals surface area contributed by atoms with E-state index in [0.29, 0.717) is 13.0 Å². The fourth-order valence-corrected chi connectivity index (χ4v) is 2.26. The van der Waals surface area contributed by atoms with Gasteiger partial charge in [0.15, 0.2) is 0 Å². The molecule has 130 valence electrons. The molecule has 0 aromatic heterocycles. The molecule has 2 unspecified atom stereocenters. The largest absolute Gasteiger partial charge is 0.464 e. The number of nitrogens with one attached hydrogen (secondary N) is 1. The lowest BCUT2D eigenvalue weighted by atomic mass is 9.96. The van der Waals surface area contributed by atoms with E-state index in [2.05, 4.69) is 37.0 Å². The number of carbonyl (C=O) groups excluding carboxylic acids is 2. The quantitative estimate of drug-likeness (QED) is 0.410. The van der Waals surface area contributed by atoms with Gasteiger partial charge in [-0.2, -0.15) is 12.6 Å². The summed E-state index contributed by atoms with van der Waals surface area (Å²) in [4.78, 5) is 21.9. The number of benzene rings is 1. The van der Waals surface area contributed by atoms with Gasteiger partial charge in [-0.1, -0.05) is 57.0 Å². The second-order valence-electron chi connectivity index (χ2n) is 5.28. The van der Waals surface area contributed by atoms with E-state index in [9.17, 15) is 9.59 Å². The average Bonchev–Trinajstić information content (AvgIpc) is 2.59. The van der Waals surface area contributed by atoms with Crippen LogP contribution in [0.3, 0.4) is 0 Å². The topological polar surface area (TPSA) is 55.4 Å². The summed E-state index contributed by atoms with van der Waals surface area (Å²) >= 11 is 4.11. The molecule has 23 heavy (non-hydrogen) atoms. The standard InChI is InChI=1S/C11H21NO3.C7H8S/c1-4-6-7-9(3)10(12-8-13)11(14)15-5-2;8-6-7-4-2-1-3-5-7/h8-10H,4-7H2,1-3H3,(H,12,13);1-5,8H,6H2. The first-order chi connectivity index (χ1) is 11.1. The van der Waals surface area contributed by atoms with Crippen LogP contribution in [0.15, 0.2) is 30.3 Å². The summed E-state index contributed by atoms with van der Waals surface area (Å²) < 4.78 is 4.90. The molecule has 1 rings (SSSR count). The number of hydrogen-bond donors (Lipinski definition) is 2. The number of amides is 1. The molecule has 0 aliphatic carbocycles. The third-order valence-electron chi connectivity index (χ3n) is 3.40. The summed E-state index contributed by atoms with van der Waals surface area (Å²) in [5, 5.41) is 2.52. The molecule has 0 saturated carbocycles. The van der Waals surface area contributed by atoms with E-state index in [0.717, 1.165) is 25.0 Å². The second kappa shape index (κ2) is 14.1. The highest BCUT2D eigenvalue weighted by atomic mass is 32.1. The van der Waals surface area contributed by atoms with Crippen molar-refractivity contribution in [3.05, 3.63) is 35.9 Å². The predicted octanol–water partition coefficient (Wildman–Crippen LogP) is 3.61. The van der Waals surface area contributed by atoms with Crippen molar-refractivity contribution < 1.29 is 14.3 Å². The highest BCUT2D eigenvalue weighted by Gasteiger charge is 2.25. The summed E-state index contributed by atoms with van der Waals surface area (Å²) in [7, 11) is 0. The van der Waals surface area contributed by atoms with Crippen LogP contribution in [-0.2, 0) is 20.1 Å². The number of esters is 1. The van der Waals surface area contributed by atoms with Gasteiger partial charge in [0.05, 0.1) is 6.61 Å². The molecule has 0 aliphatic heterocycles. The first kappa shape index (κ1) is 21.5. The molecule has 1 N–H and O–H groups in total. The summed E-state index contributed by atoms with van der Waals surface area (Å²) in [6.07, 6.45) is 3.61. The Labute approximate surface area is 145 Å². The zero-order valence-electron chi connectivity index (χ0n) is 14.3. The normalized spacial score (nSPS) is 12.3. The molecule has 1 aromatic carbocycles. The molecular weight excluding hydrogens is 310 g/mol. The molecule has 4 nitrogen and oxygen atoms in total. The van der Waals surface area contributed by atoms with Gasteiger partial charge >= 0.3 is 5.97 Å². The average molecular weight is 340 g/mol. The molecular formula is C18H29NO3S. The smallest absolute Gasteiger partial charge is 0.328 e. The molecule has 0 radical (unpaired) electrons. The zero-order valence-corrected chi connectivity index (χ0v) is 15.2. The van der Waals surface area contributed by atoms with Gasteiger partial charge in [-0.25, -0.2) is 4.79 Å². The van der Waals surface area contributed by atoms with Gasteiger partial charge in [-0.3, -0.25) is 4.79 Å². The van der Waals surface area contributed by atoms with Crippen molar-refractivity contribution in [2.45, 2.75) is 51.8 Å². The number of rotatable bonds is 9. The number of ether oxygens (including phenoxy) is 1. The van der Waals surface area contributed by atoms with Crippen LogP contribution in [0.2, 0.25) is 0 Å². The SMILES string of the molecule is CCCCC(C)C(NC=O)C(=O)OCC.SCc1ccccc1. The zero-order chi connectivity index (χ0) is 17.5. The van der Waals surface area contributed by atoms with Crippen LogP contribution >= 0.6 is 12.6 Å². The van der Waals surface area contributed by atoms with Crippen LogP contribution in [0.1, 0.15) is 45.6 Å². The molecule has 1 amide bonds. The number of hydrogen-bond acceptors (Lipinski definition) is 4. The maximum absolute atomic E-state index is 11.5. The maximum atomic E-state index is 11.5. The third kappa shape index (κ3) is 10.00. The summed E-state index contributed by atoms with van der Waals surface area (Å²) in [6.45, 7) is 6.15. The van der Waals surface area contributed by atoms with Crippen LogP contribution in [0.5, 0.6) is 0 Å². The first-order valence-corrected chi connectivity index (χ1v) is 8.74. The Morgan fingerprint density at radius 2 is 1.96 bits per heavy atom. The molecule has 0 heterocycles. The molecule has 2 atom stereocenters. The minimum Gasteiger partial charge on any atom is -0.464 e. The summed E-state index contributed by atoms with van der Waals surface area (Å²) in [6, 6.07) is 9.67. The Morgan fingerprint density at radius 3 is 2.39 bits per heavy atom. The Morgan fingerprint density at radius 1 is 1.30 bits per heavy atom. The maximum Gasteiger partial charge on any atom is 0.328 e. The Kier molecular flexibility index (Phi) is 13.2. The number of unbranched alkanes of at least 4 members (excludes halogenated alkanes) is 1. The van der Waals surface area contributed by atoms with Gasteiger partial charge in [0.1, 0.15) is 6.04 Å². The van der Waals surface area contributed by atoms with Crippen LogP contribution < -0.4 is 5.32 Å². The van der Waals surface area contributed by atoms with Crippen LogP contribution in [0, 0.1) is 5.92 Å². The fraction of sp³-hybridized carbons (Fsp3) is 0.556. The lowest BCUT2D eigenvalue weighted by molar-refractivity contribution is -0.148. The summed E-state index contributed by atoms with van der Waals surface area (Å²) in [5.74, 6) is 0.614. The second-order valence-corrected chi connectivity index (χ2v) is 5.59. The van der Waals surface area contributed by atoms with Gasteiger partial charge in [-0.05, 0) is 24.8 Å². The van der Waals surface area contributed by atoms with E-state index < -0.39 is 6.04 Å². The highest BCUT2D eigenvalue weighted by molar-refractivity contribution is 7.79. The highest BCUT2D eigenvalue weighted by Crippen LogP contribution is 2.13. The fourth-order valence-electron chi connectivity index (χ4n) is 2.05. The van der Waals surface area contributed by atoms with E-state index in [1.807, 2.05) is 25.1 Å². The van der Waals surface area contributed by atoms with Gasteiger partial charge < -0.3 is 10.1 Å². The first-order valence-electron chi connectivity index (χ1n) is 8.11. The lowest BCUT2D eigenvalue weighted by Gasteiger charge is -2.21. The van der Waals surface area contributed by atoms with E-state index in [1.165, 1.54) is 5.56 Å². The van der Waals surface area contributed by atoms with Crippen LogP contribution in [0.25, 0.3) is 0 Å². The minimum absolute atomic E-state index is 0.120. The van der Waals surface area contributed by atoms with Crippen molar-refractivity contribution in [1.82, 2.24) is 5.32 Å². The van der Waals surface area contributed by atoms with Gasteiger partial charge in [-0.15, -0.1) is 0 Å². The van der Waals surface area contributed by atoms with Crippen molar-refractivity contribution in [2.75, 3.05) is 6.61 Å². The minimum atomic E-state index is -0.506. The number of carbonyl (C=O) groups is 2. The lowest BCUT2D eigenvalue weighted by Crippen LogP contribution is -2.42. The van der Waals surface area contributed by atoms with Crippen LogP contribution in [-0.4, -0.2) is 25.0 Å². The van der Waals surface area contributed by atoms with E-state index in [1.54, 1.807) is 6.92 Å². The molecule has 0 aliphatic rings. The van der Waals surface area contributed by atoms with Crippen LogP contribution in [0.4, 0.5) is 0 Å². The molecule has 5 heteroatoms.